The summed E-state index contributed by atoms with van der Waals surface area (Å²) in [5, 5.41) is 43.2. The molecule has 0 aliphatic carbocycles. The highest BCUT2D eigenvalue weighted by Gasteiger charge is 2.17. The van der Waals surface area contributed by atoms with Crippen LogP contribution in [0.1, 0.15) is 29.8 Å². The monoisotopic (exact) mass is 442 g/mol. The molecule has 11 nitrogen and oxygen atoms in total. The van der Waals surface area contributed by atoms with Crippen LogP contribution in [0, 0.1) is 17.3 Å². The molecule has 0 aliphatic heterocycles. The van der Waals surface area contributed by atoms with Crippen LogP contribution < -0.4 is 26.3 Å². The lowest BCUT2D eigenvalue weighted by atomic mass is 10.1. The molecule has 0 unspecified atom stereocenters. The van der Waals surface area contributed by atoms with Crippen molar-refractivity contribution in [3.63, 3.8) is 0 Å². The maximum atomic E-state index is 13.0. The fourth-order valence-electron chi connectivity index (χ4n) is 3.42. The van der Waals surface area contributed by atoms with Gasteiger partial charge in [-0.25, -0.2) is 4.79 Å². The van der Waals surface area contributed by atoms with Gasteiger partial charge in [-0.2, -0.15) is 0 Å². The van der Waals surface area contributed by atoms with Gasteiger partial charge in [-0.15, -0.1) is 5.23 Å². The molecule has 32 heavy (non-hydrogen) atoms. The molecule has 1 aromatic heterocycles. The number of hydrogen-bond donors (Lipinski definition) is 3. The van der Waals surface area contributed by atoms with E-state index < -0.39 is 22.4 Å². The highest BCUT2D eigenvalue weighted by Crippen LogP contribution is 2.33. The number of aryl methyl sites for hydroxylation is 1. The molecule has 3 rings (SSSR count). The summed E-state index contributed by atoms with van der Waals surface area (Å²) >= 11 is 0. The van der Waals surface area contributed by atoms with E-state index in [0.717, 1.165) is 18.2 Å². The van der Waals surface area contributed by atoms with Crippen molar-refractivity contribution in [1.29, 1.82) is 0 Å². The van der Waals surface area contributed by atoms with Crippen LogP contribution in [0.5, 0.6) is 0 Å². The summed E-state index contributed by atoms with van der Waals surface area (Å²) in [6.07, 6.45) is 0. The van der Waals surface area contributed by atoms with Crippen molar-refractivity contribution < 1.29 is 19.6 Å². The second-order valence-corrected chi connectivity index (χ2v) is 7.03. The van der Waals surface area contributed by atoms with Gasteiger partial charge < -0.3 is 30.3 Å². The van der Waals surface area contributed by atoms with Gasteiger partial charge in [0.15, 0.2) is 0 Å². The molecule has 2 aromatic carbocycles. The fraction of sp³-hybridized carbons (Fsp3) is 0.238. The van der Waals surface area contributed by atoms with Crippen molar-refractivity contribution in [2.45, 2.75) is 20.8 Å². The Morgan fingerprint density at radius 3 is 2.28 bits per heavy atom. The predicted molar refractivity (Wildman–Crippen MR) is 120 cm³/mol. The first-order valence-electron chi connectivity index (χ1n) is 9.76. The molecule has 0 bridgehead atoms. The number of carbonyl (C=O) groups excluding carboxylic acids is 1. The predicted octanol–water partition coefficient (Wildman–Crippen LogP) is 3.59. The Labute approximate surface area is 182 Å². The van der Waals surface area contributed by atoms with E-state index in [0.29, 0.717) is 41.0 Å². The van der Waals surface area contributed by atoms with Gasteiger partial charge >= 0.3 is 5.63 Å². The van der Waals surface area contributed by atoms with E-state index in [4.69, 9.17) is 4.42 Å². The molecule has 3 aromatic rings. The average Bonchev–Trinajstić information content (AvgIpc) is 2.74. The topological polar surface area (TPSA) is 156 Å². The van der Waals surface area contributed by atoms with Crippen molar-refractivity contribution in [3.05, 3.63) is 68.4 Å². The molecule has 0 aliphatic rings. The van der Waals surface area contributed by atoms with Crippen LogP contribution in [-0.4, -0.2) is 29.4 Å². The van der Waals surface area contributed by atoms with E-state index in [9.17, 15) is 30.4 Å². The number of anilines is 4. The average molecular weight is 442 g/mol. The molecule has 0 radical (unpaired) electrons. The Morgan fingerprint density at radius 2 is 1.69 bits per heavy atom. The van der Waals surface area contributed by atoms with Gasteiger partial charge in [0, 0.05) is 41.9 Å². The Hall–Kier alpha value is -3.64. The summed E-state index contributed by atoms with van der Waals surface area (Å²) in [6.45, 7) is 6.80. The smallest absolute Gasteiger partial charge is 0.336 e. The highest BCUT2D eigenvalue weighted by molar-refractivity contribution is 6.08. The second-order valence-electron chi connectivity index (χ2n) is 7.03. The number of nitrogens with zero attached hydrogens (tertiary/aromatic N) is 3. The SMILES string of the molecule is CCN(CC)c1cc2oc(=O)cc(C)c2cc1NC(=O)c1cc(N([O-])[O-])cc(N(O)O)c1. The van der Waals surface area contributed by atoms with Gasteiger partial charge in [0.1, 0.15) is 5.58 Å². The van der Waals surface area contributed by atoms with Crippen molar-refractivity contribution >= 4 is 39.6 Å². The maximum Gasteiger partial charge on any atom is 0.336 e. The van der Waals surface area contributed by atoms with Crippen molar-refractivity contribution in [2.75, 3.05) is 33.8 Å². The molecule has 170 valence electrons. The minimum atomic E-state index is -0.744. The first-order valence-corrected chi connectivity index (χ1v) is 9.76. The summed E-state index contributed by atoms with van der Waals surface area (Å²) in [5.41, 5.74) is 0.561. The lowest BCUT2D eigenvalue weighted by Gasteiger charge is -2.38. The zero-order valence-corrected chi connectivity index (χ0v) is 17.7. The lowest BCUT2D eigenvalue weighted by molar-refractivity contribution is 0.0291. The number of carbonyl (C=O) groups is 1. The molecular formula is C21H22N4O7-2. The first kappa shape index (κ1) is 23.0. The number of amides is 1. The quantitative estimate of drug-likeness (QED) is 0.365. The van der Waals surface area contributed by atoms with Gasteiger partial charge in [-0.05, 0) is 50.6 Å². The Kier molecular flexibility index (Phi) is 6.65. The Balaban J connectivity index is 2.12. The standard InChI is InChI=1S/C21H22N4O7/c1-4-23(5-2)18-11-19-16(12(3)6-20(26)32-19)10-17(18)22-21(27)13-7-14(24(28)29)9-15(8-13)25(30)31/h6-11,28-29H,4-5H2,1-3H3,(H,22,27)/q-2. The largest absolute Gasteiger partial charge is 0.769 e. The molecule has 11 heteroatoms. The number of fused-ring (bicyclic) bond motifs is 1. The molecule has 0 atom stereocenters. The zero-order chi connectivity index (χ0) is 23.6. The van der Waals surface area contributed by atoms with E-state index in [1.165, 1.54) is 6.07 Å². The lowest BCUT2D eigenvalue weighted by Crippen LogP contribution is -2.24. The van der Waals surface area contributed by atoms with Gasteiger partial charge in [-0.3, -0.25) is 15.2 Å². The van der Waals surface area contributed by atoms with Crippen LogP contribution in [0.2, 0.25) is 0 Å². The normalized spacial score (nSPS) is 10.8. The van der Waals surface area contributed by atoms with Crippen molar-refractivity contribution in [2.24, 2.45) is 0 Å². The summed E-state index contributed by atoms with van der Waals surface area (Å²) in [5.74, 6) is -0.695. The number of benzene rings is 2. The second kappa shape index (κ2) is 9.24. The molecule has 0 saturated carbocycles. The van der Waals surface area contributed by atoms with Crippen LogP contribution in [0.15, 0.2) is 45.6 Å². The molecule has 1 heterocycles. The number of rotatable bonds is 7. The van der Waals surface area contributed by atoms with Crippen molar-refractivity contribution in [1.82, 2.24) is 0 Å². The highest BCUT2D eigenvalue weighted by atomic mass is 16.8. The molecule has 1 amide bonds. The minimum absolute atomic E-state index is 0.149. The number of hydrogen-bond acceptors (Lipinski definition) is 10. The number of nitrogens with one attached hydrogen (secondary N) is 1. The third-order valence-corrected chi connectivity index (χ3v) is 5.03. The summed E-state index contributed by atoms with van der Waals surface area (Å²) in [4.78, 5) is 26.7. The van der Waals surface area contributed by atoms with Gasteiger partial charge in [0.2, 0.25) is 0 Å². The summed E-state index contributed by atoms with van der Waals surface area (Å²) in [6, 6.07) is 7.72. The van der Waals surface area contributed by atoms with Crippen LogP contribution in [0.3, 0.4) is 0 Å². The van der Waals surface area contributed by atoms with Crippen LogP contribution >= 0.6 is 0 Å². The van der Waals surface area contributed by atoms with E-state index in [1.807, 2.05) is 18.7 Å². The van der Waals surface area contributed by atoms with E-state index in [1.54, 1.807) is 19.1 Å². The van der Waals surface area contributed by atoms with Crippen molar-refractivity contribution in [3.8, 4) is 0 Å². The fourth-order valence-corrected chi connectivity index (χ4v) is 3.42. The molecule has 0 saturated heterocycles. The van der Waals surface area contributed by atoms with E-state index in [-0.39, 0.29) is 16.5 Å². The van der Waals surface area contributed by atoms with Gasteiger partial charge in [-0.1, -0.05) is 0 Å². The third kappa shape index (κ3) is 4.65. The maximum absolute atomic E-state index is 13.0. The third-order valence-electron chi connectivity index (χ3n) is 5.03. The van der Waals surface area contributed by atoms with Crippen LogP contribution in [0.25, 0.3) is 11.0 Å². The molecule has 0 spiro atoms. The summed E-state index contributed by atoms with van der Waals surface area (Å²) in [7, 11) is 0. The Bertz CT molecular complexity index is 1180. The Morgan fingerprint density at radius 1 is 1.03 bits per heavy atom. The van der Waals surface area contributed by atoms with E-state index >= 15 is 0 Å². The van der Waals surface area contributed by atoms with E-state index in [2.05, 4.69) is 5.32 Å². The minimum Gasteiger partial charge on any atom is -0.769 e. The molecular weight excluding hydrogens is 420 g/mol. The zero-order valence-electron chi connectivity index (χ0n) is 17.7. The van der Waals surface area contributed by atoms with Gasteiger partial charge in [0.05, 0.1) is 17.1 Å². The van der Waals surface area contributed by atoms with Crippen LogP contribution in [0.4, 0.5) is 22.7 Å². The van der Waals surface area contributed by atoms with Gasteiger partial charge in [0.25, 0.3) is 5.91 Å². The molecule has 0 fully saturated rings. The molecule has 3 N–H and O–H groups in total. The summed E-state index contributed by atoms with van der Waals surface area (Å²) < 4.78 is 5.32. The first-order chi connectivity index (χ1) is 15.1. The van der Waals surface area contributed by atoms with Crippen LogP contribution in [-0.2, 0) is 0 Å².